The minimum atomic E-state index is 0.340. The van der Waals surface area contributed by atoms with E-state index in [4.69, 9.17) is 21.5 Å². The molecule has 0 bridgehead atoms. The Morgan fingerprint density at radius 3 is 2.34 bits per heavy atom. The summed E-state index contributed by atoms with van der Waals surface area (Å²) in [5.41, 5.74) is 19.2. The van der Waals surface area contributed by atoms with Gasteiger partial charge in [-0.2, -0.15) is 0 Å². The van der Waals surface area contributed by atoms with Gasteiger partial charge < -0.3 is 10.3 Å². The Kier molecular flexibility index (Phi) is 7.20. The van der Waals surface area contributed by atoms with E-state index in [0.29, 0.717) is 12.4 Å². The molecule has 0 fully saturated rings. The number of hydrogen-bond donors (Lipinski definition) is 3. The molecule has 0 unspecified atom stereocenters. The van der Waals surface area contributed by atoms with Gasteiger partial charge in [0.05, 0.1) is 6.54 Å². The molecule has 0 aliphatic rings. The van der Waals surface area contributed by atoms with Gasteiger partial charge in [-0.05, 0) is 59.7 Å². The number of fused-ring (bicyclic) bond motifs is 1. The highest BCUT2D eigenvalue weighted by Crippen LogP contribution is 2.28. The van der Waals surface area contributed by atoms with Gasteiger partial charge in [0.15, 0.2) is 11.5 Å². The summed E-state index contributed by atoms with van der Waals surface area (Å²) in [5.74, 6) is 6.80. The van der Waals surface area contributed by atoms with Crippen LogP contribution in [0.25, 0.3) is 22.3 Å². The quantitative estimate of drug-likeness (QED) is 0.120. The zero-order valence-electron chi connectivity index (χ0n) is 22.1. The molecule has 0 aliphatic heterocycles. The summed E-state index contributed by atoms with van der Waals surface area (Å²) in [7, 11) is 0. The van der Waals surface area contributed by atoms with Gasteiger partial charge in [-0.1, -0.05) is 79.7 Å². The van der Waals surface area contributed by atoms with Gasteiger partial charge in [-0.3, -0.25) is 0 Å². The normalized spacial score (nSPS) is 11.7. The molecule has 192 valence electrons. The molecule has 0 atom stereocenters. The Hall–Kier alpha value is -4.49. The van der Waals surface area contributed by atoms with E-state index >= 15 is 0 Å². The average Bonchev–Trinajstić information content (AvgIpc) is 3.27. The number of nitrogens with zero attached hydrogens (tertiary/aromatic N) is 4. The molecule has 0 saturated heterocycles. The van der Waals surface area contributed by atoms with Crippen molar-refractivity contribution in [2.24, 2.45) is 16.7 Å². The molecule has 5 rings (SSSR count). The highest BCUT2D eigenvalue weighted by Gasteiger charge is 2.15. The van der Waals surface area contributed by atoms with Gasteiger partial charge in [-0.25, -0.2) is 21.3 Å². The molecule has 5 aromatic rings. The number of imidazole rings is 1. The van der Waals surface area contributed by atoms with E-state index in [1.54, 1.807) is 0 Å². The van der Waals surface area contributed by atoms with Crippen molar-refractivity contribution in [2.45, 2.75) is 40.2 Å². The Balaban J connectivity index is 1.50. The van der Waals surface area contributed by atoms with Crippen LogP contribution in [0.4, 0.5) is 0 Å². The highest BCUT2D eigenvalue weighted by atomic mass is 15.5. The summed E-state index contributed by atoms with van der Waals surface area (Å²) in [5, 5.41) is 4.03. The molecule has 0 spiro atoms. The molecule has 0 aliphatic carbocycles. The Morgan fingerprint density at radius 2 is 1.63 bits per heavy atom. The fourth-order valence-electron chi connectivity index (χ4n) is 4.98. The van der Waals surface area contributed by atoms with Crippen molar-refractivity contribution >= 4 is 17.0 Å². The lowest BCUT2D eigenvalue weighted by Crippen LogP contribution is -2.23. The van der Waals surface area contributed by atoms with Gasteiger partial charge in [0, 0.05) is 17.7 Å². The van der Waals surface area contributed by atoms with Crippen molar-refractivity contribution in [3.8, 4) is 11.1 Å². The second-order valence-electron chi connectivity index (χ2n) is 9.59. The topological polar surface area (TPSA) is 107 Å². The summed E-state index contributed by atoms with van der Waals surface area (Å²) in [6, 6.07) is 27.4. The van der Waals surface area contributed by atoms with E-state index in [1.165, 1.54) is 16.7 Å². The molecule has 3 aromatic carbocycles. The summed E-state index contributed by atoms with van der Waals surface area (Å²) in [4.78, 5) is 9.70. The Bertz CT molecular complexity index is 1600. The van der Waals surface area contributed by atoms with Crippen LogP contribution in [-0.4, -0.2) is 20.4 Å². The molecular weight excluding hydrogens is 470 g/mol. The standard InChI is InChI=1S/C31H33N7/c1-4-28-35-29-20(2)16-21(3)34-31(29)38(28)19-23-10-13-25(14-11-23)27-18-24(17-22-8-6-5-7-9-22)12-15-26(27)30(32)36-37-33/h5-16,18,37H,4,17,19,33H2,1-3H3,(H2,32,36). The van der Waals surface area contributed by atoms with E-state index in [0.717, 1.165) is 57.8 Å². The predicted octanol–water partition coefficient (Wildman–Crippen LogP) is 5.00. The van der Waals surface area contributed by atoms with Gasteiger partial charge in [-0.15, -0.1) is 5.10 Å². The fraction of sp³-hybridized carbons (Fsp3) is 0.194. The molecule has 38 heavy (non-hydrogen) atoms. The van der Waals surface area contributed by atoms with Crippen molar-refractivity contribution in [1.29, 1.82) is 0 Å². The van der Waals surface area contributed by atoms with Crippen molar-refractivity contribution < 1.29 is 0 Å². The first-order chi connectivity index (χ1) is 18.5. The maximum atomic E-state index is 6.27. The number of hydrazone groups is 1. The van der Waals surface area contributed by atoms with Crippen molar-refractivity contribution in [2.75, 3.05) is 0 Å². The first-order valence-electron chi connectivity index (χ1n) is 12.9. The second-order valence-corrected chi connectivity index (χ2v) is 9.59. The third-order valence-electron chi connectivity index (χ3n) is 6.82. The fourth-order valence-corrected chi connectivity index (χ4v) is 4.98. The molecular formula is C31H33N7. The molecule has 5 N–H and O–H groups in total. The van der Waals surface area contributed by atoms with Gasteiger partial charge >= 0.3 is 0 Å². The van der Waals surface area contributed by atoms with Crippen LogP contribution in [0.5, 0.6) is 0 Å². The Morgan fingerprint density at radius 1 is 0.895 bits per heavy atom. The maximum absolute atomic E-state index is 6.27. The third kappa shape index (κ3) is 5.14. The summed E-state index contributed by atoms with van der Waals surface area (Å²) >= 11 is 0. The summed E-state index contributed by atoms with van der Waals surface area (Å²) < 4.78 is 2.23. The van der Waals surface area contributed by atoms with Crippen LogP contribution >= 0.6 is 0 Å². The largest absolute Gasteiger partial charge is 0.382 e. The lowest BCUT2D eigenvalue weighted by Gasteiger charge is -2.14. The minimum Gasteiger partial charge on any atom is -0.382 e. The molecule has 0 saturated carbocycles. The number of aromatic nitrogens is 3. The van der Waals surface area contributed by atoms with Gasteiger partial charge in [0.2, 0.25) is 0 Å². The number of hydrazine groups is 1. The molecule has 7 nitrogen and oxygen atoms in total. The van der Waals surface area contributed by atoms with Crippen LogP contribution < -0.4 is 17.1 Å². The summed E-state index contributed by atoms with van der Waals surface area (Å²) in [6.07, 6.45) is 1.68. The molecule has 7 heteroatoms. The van der Waals surface area contributed by atoms with Crippen LogP contribution in [0, 0.1) is 13.8 Å². The number of rotatable bonds is 8. The monoisotopic (exact) mass is 503 g/mol. The average molecular weight is 504 g/mol. The number of nitrogens with two attached hydrogens (primary N) is 2. The zero-order chi connectivity index (χ0) is 26.6. The number of hydrogen-bond acceptors (Lipinski definition) is 5. The van der Waals surface area contributed by atoms with E-state index in [-0.39, 0.29) is 0 Å². The highest BCUT2D eigenvalue weighted by molar-refractivity contribution is 6.03. The van der Waals surface area contributed by atoms with E-state index < -0.39 is 0 Å². The number of nitrogens with one attached hydrogen (secondary N) is 1. The molecule has 2 aromatic heterocycles. The van der Waals surface area contributed by atoms with Gasteiger partial charge in [0.1, 0.15) is 11.3 Å². The number of pyridine rings is 1. The van der Waals surface area contributed by atoms with E-state index in [2.05, 4.69) is 95.8 Å². The predicted molar refractivity (Wildman–Crippen MR) is 155 cm³/mol. The first-order valence-corrected chi connectivity index (χ1v) is 12.9. The smallest absolute Gasteiger partial charge is 0.160 e. The molecule has 2 heterocycles. The number of aryl methyl sites for hydroxylation is 3. The number of benzene rings is 3. The minimum absolute atomic E-state index is 0.340. The molecule has 0 amide bonds. The van der Waals surface area contributed by atoms with Crippen LogP contribution in [0.2, 0.25) is 0 Å². The van der Waals surface area contributed by atoms with Crippen molar-refractivity contribution in [3.63, 3.8) is 0 Å². The third-order valence-corrected chi connectivity index (χ3v) is 6.82. The maximum Gasteiger partial charge on any atom is 0.160 e. The van der Waals surface area contributed by atoms with Crippen molar-refractivity contribution in [3.05, 3.63) is 118 Å². The zero-order valence-corrected chi connectivity index (χ0v) is 22.1. The Labute approximate surface area is 223 Å². The number of amidine groups is 1. The first kappa shape index (κ1) is 25.2. The summed E-state index contributed by atoms with van der Waals surface area (Å²) in [6.45, 7) is 6.97. The molecule has 0 radical (unpaired) electrons. The van der Waals surface area contributed by atoms with Crippen LogP contribution in [0.3, 0.4) is 0 Å². The lowest BCUT2D eigenvalue weighted by atomic mass is 9.93. The van der Waals surface area contributed by atoms with Gasteiger partial charge in [0.25, 0.3) is 0 Å². The van der Waals surface area contributed by atoms with Crippen LogP contribution in [0.1, 0.15) is 46.3 Å². The van der Waals surface area contributed by atoms with Crippen LogP contribution in [0.15, 0.2) is 84.0 Å². The van der Waals surface area contributed by atoms with Crippen LogP contribution in [-0.2, 0) is 19.4 Å². The van der Waals surface area contributed by atoms with E-state index in [1.807, 2.05) is 19.1 Å². The lowest BCUT2D eigenvalue weighted by molar-refractivity contribution is 0.745. The van der Waals surface area contributed by atoms with E-state index in [9.17, 15) is 0 Å². The SMILES string of the molecule is CCc1nc2c(C)cc(C)nc2n1Cc1ccc(-c2cc(Cc3ccccc3)ccc2/C(N)=N/NN)cc1. The van der Waals surface area contributed by atoms with Crippen molar-refractivity contribution in [1.82, 2.24) is 20.1 Å². The second kappa shape index (κ2) is 10.9.